The van der Waals surface area contributed by atoms with Crippen LogP contribution in [0, 0.1) is 12.8 Å². The molecule has 0 bridgehead atoms. The Kier molecular flexibility index (Phi) is 3.43. The van der Waals surface area contributed by atoms with Crippen LogP contribution in [0.2, 0.25) is 0 Å². The predicted octanol–water partition coefficient (Wildman–Crippen LogP) is 3.35. The molecular weight excluding hydrogens is 248 g/mol. The number of rotatable bonds is 2. The number of piperidine rings is 1. The van der Waals surface area contributed by atoms with Gasteiger partial charge in [-0.05, 0) is 38.8 Å². The quantitative estimate of drug-likeness (QED) is 0.837. The minimum absolute atomic E-state index is 0.250. The fourth-order valence-corrected chi connectivity index (χ4v) is 3.07. The number of para-hydroxylation sites is 1. The van der Waals surface area contributed by atoms with E-state index in [9.17, 15) is 4.79 Å². The SMILES string of the molecule is CC(=O)C1CCN(c2cc(C)nc3ccccc23)CC1. The topological polar surface area (TPSA) is 33.2 Å². The van der Waals surface area contributed by atoms with Crippen LogP contribution in [0.25, 0.3) is 10.9 Å². The third-order valence-corrected chi connectivity index (χ3v) is 4.23. The maximum atomic E-state index is 11.5. The molecule has 1 saturated heterocycles. The van der Waals surface area contributed by atoms with Crippen molar-refractivity contribution >= 4 is 22.4 Å². The summed E-state index contributed by atoms with van der Waals surface area (Å²) in [6.45, 7) is 5.67. The van der Waals surface area contributed by atoms with Gasteiger partial charge in [-0.2, -0.15) is 0 Å². The predicted molar refractivity (Wildman–Crippen MR) is 82.1 cm³/mol. The average Bonchev–Trinajstić information content (AvgIpc) is 2.46. The third-order valence-electron chi connectivity index (χ3n) is 4.23. The van der Waals surface area contributed by atoms with Crippen molar-refractivity contribution in [1.82, 2.24) is 4.98 Å². The lowest BCUT2D eigenvalue weighted by Gasteiger charge is -2.33. The number of benzene rings is 1. The summed E-state index contributed by atoms with van der Waals surface area (Å²) in [7, 11) is 0. The Morgan fingerprint density at radius 3 is 2.65 bits per heavy atom. The summed E-state index contributed by atoms with van der Waals surface area (Å²) in [5.74, 6) is 0.584. The lowest BCUT2D eigenvalue weighted by atomic mass is 9.93. The van der Waals surface area contributed by atoms with Crippen LogP contribution < -0.4 is 4.90 Å². The lowest BCUT2D eigenvalue weighted by molar-refractivity contribution is -0.121. The number of ketones is 1. The van der Waals surface area contributed by atoms with Crippen LogP contribution in [0.4, 0.5) is 5.69 Å². The van der Waals surface area contributed by atoms with Gasteiger partial charge in [0.25, 0.3) is 0 Å². The summed E-state index contributed by atoms with van der Waals surface area (Å²) < 4.78 is 0. The summed E-state index contributed by atoms with van der Waals surface area (Å²) in [6, 6.07) is 10.4. The first-order valence-electron chi connectivity index (χ1n) is 7.27. The summed E-state index contributed by atoms with van der Waals surface area (Å²) in [5, 5.41) is 1.21. The Hall–Kier alpha value is -1.90. The van der Waals surface area contributed by atoms with E-state index in [1.165, 1.54) is 11.1 Å². The summed E-state index contributed by atoms with van der Waals surface area (Å²) in [4.78, 5) is 18.5. The standard InChI is InChI=1S/C17H20N2O/c1-12-11-17(15-5-3-4-6-16(15)18-12)19-9-7-14(8-10-19)13(2)20/h3-6,11,14H,7-10H2,1-2H3. The van der Waals surface area contributed by atoms with E-state index < -0.39 is 0 Å². The van der Waals surface area contributed by atoms with Crippen molar-refractivity contribution < 1.29 is 4.79 Å². The number of aromatic nitrogens is 1. The zero-order valence-electron chi connectivity index (χ0n) is 12.1. The molecule has 1 fully saturated rings. The van der Waals surface area contributed by atoms with Crippen molar-refractivity contribution in [2.24, 2.45) is 5.92 Å². The number of pyridine rings is 1. The maximum Gasteiger partial charge on any atom is 0.133 e. The van der Waals surface area contributed by atoms with E-state index in [1.54, 1.807) is 6.92 Å². The van der Waals surface area contributed by atoms with E-state index in [4.69, 9.17) is 0 Å². The second-order valence-corrected chi connectivity index (χ2v) is 5.67. The van der Waals surface area contributed by atoms with Gasteiger partial charge in [-0.15, -0.1) is 0 Å². The van der Waals surface area contributed by atoms with E-state index in [2.05, 4.69) is 34.1 Å². The maximum absolute atomic E-state index is 11.5. The van der Waals surface area contributed by atoms with Crippen molar-refractivity contribution in [1.29, 1.82) is 0 Å². The molecule has 20 heavy (non-hydrogen) atoms. The smallest absolute Gasteiger partial charge is 0.133 e. The Morgan fingerprint density at radius 2 is 1.95 bits per heavy atom. The van der Waals surface area contributed by atoms with Crippen LogP contribution in [-0.4, -0.2) is 23.9 Å². The van der Waals surface area contributed by atoms with Gasteiger partial charge in [-0.1, -0.05) is 18.2 Å². The van der Waals surface area contributed by atoms with Crippen LogP contribution in [-0.2, 0) is 4.79 Å². The number of nitrogens with zero attached hydrogens (tertiary/aromatic N) is 2. The molecule has 0 unspecified atom stereocenters. The van der Waals surface area contributed by atoms with Gasteiger partial charge in [-0.3, -0.25) is 9.78 Å². The summed E-state index contributed by atoms with van der Waals surface area (Å²) in [6.07, 6.45) is 1.93. The second kappa shape index (κ2) is 5.23. The van der Waals surface area contributed by atoms with Crippen LogP contribution in [0.3, 0.4) is 0 Å². The number of hydrogen-bond donors (Lipinski definition) is 0. The number of aryl methyl sites for hydroxylation is 1. The largest absolute Gasteiger partial charge is 0.371 e. The molecule has 0 amide bonds. The molecule has 0 radical (unpaired) electrons. The summed E-state index contributed by atoms with van der Waals surface area (Å²) >= 11 is 0. The fourth-order valence-electron chi connectivity index (χ4n) is 3.07. The van der Waals surface area contributed by atoms with Gasteiger partial charge in [-0.25, -0.2) is 0 Å². The molecule has 3 heteroatoms. The van der Waals surface area contributed by atoms with Gasteiger partial charge in [0, 0.05) is 35.8 Å². The van der Waals surface area contributed by atoms with Crippen molar-refractivity contribution in [3.8, 4) is 0 Å². The third kappa shape index (κ3) is 2.40. The van der Waals surface area contributed by atoms with Gasteiger partial charge in [0.15, 0.2) is 0 Å². The number of carbonyl (C=O) groups excluding carboxylic acids is 1. The van der Waals surface area contributed by atoms with Crippen molar-refractivity contribution in [3.63, 3.8) is 0 Å². The van der Waals surface area contributed by atoms with Crippen LogP contribution in [0.15, 0.2) is 30.3 Å². The highest BCUT2D eigenvalue weighted by Gasteiger charge is 2.23. The number of hydrogen-bond acceptors (Lipinski definition) is 3. The normalized spacial score (nSPS) is 16.6. The van der Waals surface area contributed by atoms with Gasteiger partial charge in [0.1, 0.15) is 5.78 Å². The first-order chi connectivity index (χ1) is 9.65. The summed E-state index contributed by atoms with van der Waals surface area (Å²) in [5.41, 5.74) is 3.36. The van der Waals surface area contributed by atoms with E-state index in [0.717, 1.165) is 37.1 Å². The zero-order chi connectivity index (χ0) is 14.1. The fraction of sp³-hybridized carbons (Fsp3) is 0.412. The van der Waals surface area contributed by atoms with Gasteiger partial charge in [0.2, 0.25) is 0 Å². The molecular formula is C17H20N2O. The molecule has 1 aromatic heterocycles. The Balaban J connectivity index is 1.93. The minimum atomic E-state index is 0.250. The van der Waals surface area contributed by atoms with Gasteiger partial charge >= 0.3 is 0 Å². The molecule has 0 saturated carbocycles. The molecule has 0 atom stereocenters. The molecule has 2 aromatic rings. The molecule has 0 aliphatic carbocycles. The van der Waals surface area contributed by atoms with E-state index >= 15 is 0 Å². The molecule has 1 aromatic carbocycles. The number of fused-ring (bicyclic) bond motifs is 1. The Bertz CT molecular complexity index is 642. The molecule has 3 rings (SSSR count). The molecule has 1 aliphatic heterocycles. The molecule has 104 valence electrons. The van der Waals surface area contributed by atoms with Crippen LogP contribution in [0.1, 0.15) is 25.5 Å². The number of anilines is 1. The lowest BCUT2D eigenvalue weighted by Crippen LogP contribution is -2.35. The molecule has 2 heterocycles. The zero-order valence-corrected chi connectivity index (χ0v) is 12.1. The second-order valence-electron chi connectivity index (χ2n) is 5.67. The first kappa shape index (κ1) is 13.1. The van der Waals surface area contributed by atoms with Gasteiger partial charge < -0.3 is 4.90 Å². The van der Waals surface area contributed by atoms with E-state index in [0.29, 0.717) is 5.78 Å². The highest BCUT2D eigenvalue weighted by atomic mass is 16.1. The van der Waals surface area contributed by atoms with Crippen LogP contribution >= 0.6 is 0 Å². The van der Waals surface area contributed by atoms with Crippen molar-refractivity contribution in [3.05, 3.63) is 36.0 Å². The molecule has 0 N–H and O–H groups in total. The number of Topliss-reactive ketones (excluding diaryl/α,β-unsaturated/α-hetero) is 1. The van der Waals surface area contributed by atoms with Crippen LogP contribution in [0.5, 0.6) is 0 Å². The van der Waals surface area contributed by atoms with E-state index in [-0.39, 0.29) is 5.92 Å². The first-order valence-corrected chi connectivity index (χ1v) is 7.27. The average molecular weight is 268 g/mol. The number of carbonyl (C=O) groups is 1. The monoisotopic (exact) mass is 268 g/mol. The highest BCUT2D eigenvalue weighted by Crippen LogP contribution is 2.30. The Morgan fingerprint density at radius 1 is 1.25 bits per heavy atom. The van der Waals surface area contributed by atoms with Crippen molar-refractivity contribution in [2.45, 2.75) is 26.7 Å². The molecule has 0 spiro atoms. The van der Waals surface area contributed by atoms with Gasteiger partial charge in [0.05, 0.1) is 5.52 Å². The minimum Gasteiger partial charge on any atom is -0.371 e. The molecule has 1 aliphatic rings. The van der Waals surface area contributed by atoms with Crippen molar-refractivity contribution in [2.75, 3.05) is 18.0 Å². The molecule has 3 nitrogen and oxygen atoms in total. The van der Waals surface area contributed by atoms with E-state index in [1.807, 2.05) is 13.0 Å². The Labute approximate surface area is 119 Å². The highest BCUT2D eigenvalue weighted by molar-refractivity contribution is 5.92.